The van der Waals surface area contributed by atoms with Gasteiger partial charge in [0.15, 0.2) is 5.13 Å². The van der Waals surface area contributed by atoms with E-state index in [-0.39, 0.29) is 18.1 Å². The number of carbonyl (C=O) groups excluding carboxylic acids is 1. The summed E-state index contributed by atoms with van der Waals surface area (Å²) < 4.78 is 5.25. The van der Waals surface area contributed by atoms with Gasteiger partial charge in [0.05, 0.1) is 6.10 Å². The molecule has 0 bridgehead atoms. The van der Waals surface area contributed by atoms with Crippen LogP contribution in [0.2, 0.25) is 0 Å². The highest BCUT2D eigenvalue weighted by Gasteiger charge is 2.26. The van der Waals surface area contributed by atoms with Crippen molar-refractivity contribution in [3.05, 3.63) is 11.1 Å². The van der Waals surface area contributed by atoms with Crippen LogP contribution in [0.25, 0.3) is 0 Å². The normalized spacial score (nSPS) is 24.6. The van der Waals surface area contributed by atoms with Crippen molar-refractivity contribution in [2.45, 2.75) is 31.4 Å². The lowest BCUT2D eigenvalue weighted by atomic mass is 10.2. The van der Waals surface area contributed by atoms with Gasteiger partial charge in [-0.25, -0.2) is 4.98 Å². The van der Waals surface area contributed by atoms with Crippen molar-refractivity contribution in [2.75, 3.05) is 12.8 Å². The van der Waals surface area contributed by atoms with Crippen molar-refractivity contribution in [3.63, 3.8) is 0 Å². The molecule has 1 heterocycles. The summed E-state index contributed by atoms with van der Waals surface area (Å²) in [6.45, 7) is 0. The van der Waals surface area contributed by atoms with Crippen LogP contribution in [-0.4, -0.2) is 30.1 Å². The molecule has 0 aromatic carbocycles. The molecule has 1 aliphatic rings. The number of hydrogen-bond donors (Lipinski definition) is 2. The quantitative estimate of drug-likeness (QED) is 0.828. The summed E-state index contributed by atoms with van der Waals surface area (Å²) in [4.78, 5) is 15.7. The molecule has 5 nitrogen and oxygen atoms in total. The Bertz CT molecular complexity index is 380. The van der Waals surface area contributed by atoms with E-state index in [1.54, 1.807) is 12.5 Å². The average Bonchev–Trinajstić information content (AvgIpc) is 2.87. The van der Waals surface area contributed by atoms with Crippen molar-refractivity contribution in [1.29, 1.82) is 0 Å². The van der Waals surface area contributed by atoms with Crippen LogP contribution in [-0.2, 0) is 4.74 Å². The maximum atomic E-state index is 11.7. The highest BCUT2D eigenvalue weighted by Crippen LogP contribution is 2.22. The zero-order chi connectivity index (χ0) is 11.5. The zero-order valence-electron chi connectivity index (χ0n) is 9.10. The van der Waals surface area contributed by atoms with E-state index in [9.17, 15) is 4.79 Å². The Morgan fingerprint density at radius 1 is 1.69 bits per heavy atom. The van der Waals surface area contributed by atoms with Crippen molar-refractivity contribution < 1.29 is 9.53 Å². The molecule has 1 saturated carbocycles. The first-order valence-corrected chi connectivity index (χ1v) is 6.11. The minimum Gasteiger partial charge on any atom is -0.381 e. The van der Waals surface area contributed by atoms with Crippen LogP contribution in [0.5, 0.6) is 0 Å². The highest BCUT2D eigenvalue weighted by molar-refractivity contribution is 7.13. The molecule has 2 rings (SSSR count). The lowest BCUT2D eigenvalue weighted by Gasteiger charge is -2.11. The molecule has 0 aliphatic heterocycles. The van der Waals surface area contributed by atoms with Crippen LogP contribution in [0.15, 0.2) is 5.38 Å². The van der Waals surface area contributed by atoms with Gasteiger partial charge in [-0.1, -0.05) is 0 Å². The lowest BCUT2D eigenvalue weighted by molar-refractivity contribution is 0.0911. The summed E-state index contributed by atoms with van der Waals surface area (Å²) in [6, 6.07) is 0.195. The van der Waals surface area contributed by atoms with E-state index < -0.39 is 0 Å². The number of carbonyl (C=O) groups is 1. The van der Waals surface area contributed by atoms with E-state index >= 15 is 0 Å². The standard InChI is InChI=1S/C10H15N3O2S/c1-15-7-3-2-6(4-7)12-9(14)8-5-16-10(11)13-8/h5-7H,2-4H2,1H3,(H2,11,13)(H,12,14). The van der Waals surface area contributed by atoms with E-state index in [0.717, 1.165) is 19.3 Å². The molecule has 2 atom stereocenters. The summed E-state index contributed by atoms with van der Waals surface area (Å²) in [5.41, 5.74) is 5.88. The number of ether oxygens (including phenoxy) is 1. The molecular formula is C10H15N3O2S. The Balaban J connectivity index is 1.89. The Labute approximate surface area is 98.0 Å². The molecule has 1 fully saturated rings. The molecule has 0 saturated heterocycles. The van der Waals surface area contributed by atoms with Gasteiger partial charge in [-0.3, -0.25) is 4.79 Å². The Hall–Kier alpha value is -1.14. The molecule has 2 unspecified atom stereocenters. The van der Waals surface area contributed by atoms with Crippen LogP contribution >= 0.6 is 11.3 Å². The largest absolute Gasteiger partial charge is 0.381 e. The topological polar surface area (TPSA) is 77.2 Å². The summed E-state index contributed by atoms with van der Waals surface area (Å²) in [5.74, 6) is -0.144. The van der Waals surface area contributed by atoms with Gasteiger partial charge >= 0.3 is 0 Å². The molecule has 88 valence electrons. The van der Waals surface area contributed by atoms with Crippen LogP contribution in [0, 0.1) is 0 Å². The molecule has 0 spiro atoms. The number of anilines is 1. The molecule has 16 heavy (non-hydrogen) atoms. The zero-order valence-corrected chi connectivity index (χ0v) is 9.92. The Kier molecular flexibility index (Phi) is 3.40. The van der Waals surface area contributed by atoms with Crippen molar-refractivity contribution in [3.8, 4) is 0 Å². The summed E-state index contributed by atoms with van der Waals surface area (Å²) in [6.07, 6.45) is 3.11. The van der Waals surface area contributed by atoms with Crippen molar-refractivity contribution in [2.24, 2.45) is 0 Å². The number of amides is 1. The third-order valence-electron chi connectivity index (χ3n) is 2.81. The smallest absolute Gasteiger partial charge is 0.271 e. The SMILES string of the molecule is COC1CCC(NC(=O)c2csc(N)n2)C1. The van der Waals surface area contributed by atoms with E-state index in [2.05, 4.69) is 10.3 Å². The lowest BCUT2D eigenvalue weighted by Crippen LogP contribution is -2.33. The second kappa shape index (κ2) is 4.80. The molecule has 1 aromatic rings. The predicted octanol–water partition coefficient (Wildman–Crippen LogP) is 1.02. The van der Waals surface area contributed by atoms with Gasteiger partial charge in [-0.05, 0) is 19.3 Å². The molecule has 1 amide bonds. The van der Waals surface area contributed by atoms with Crippen LogP contribution in [0.1, 0.15) is 29.8 Å². The number of aromatic nitrogens is 1. The average molecular weight is 241 g/mol. The van der Waals surface area contributed by atoms with Gasteiger partial charge in [0.1, 0.15) is 5.69 Å². The first kappa shape index (κ1) is 11.3. The van der Waals surface area contributed by atoms with Gasteiger partial charge in [0, 0.05) is 18.5 Å². The fraction of sp³-hybridized carbons (Fsp3) is 0.600. The summed E-state index contributed by atoms with van der Waals surface area (Å²) in [7, 11) is 1.70. The van der Waals surface area contributed by atoms with E-state index in [1.165, 1.54) is 11.3 Å². The molecule has 1 aliphatic carbocycles. The monoisotopic (exact) mass is 241 g/mol. The fourth-order valence-electron chi connectivity index (χ4n) is 1.94. The minimum atomic E-state index is -0.144. The predicted molar refractivity (Wildman–Crippen MR) is 62.4 cm³/mol. The first-order chi connectivity index (χ1) is 7.69. The van der Waals surface area contributed by atoms with Gasteiger partial charge in [0.2, 0.25) is 0 Å². The number of nitrogens with zero attached hydrogens (tertiary/aromatic N) is 1. The van der Waals surface area contributed by atoms with Crippen LogP contribution in [0.3, 0.4) is 0 Å². The van der Waals surface area contributed by atoms with E-state index in [1.807, 2.05) is 0 Å². The van der Waals surface area contributed by atoms with Gasteiger partial charge in [-0.2, -0.15) is 0 Å². The fourth-order valence-corrected chi connectivity index (χ4v) is 2.48. The van der Waals surface area contributed by atoms with E-state index in [0.29, 0.717) is 10.8 Å². The van der Waals surface area contributed by atoms with Gasteiger partial charge < -0.3 is 15.8 Å². The number of nitrogens with two attached hydrogens (primary N) is 1. The number of nitrogens with one attached hydrogen (secondary N) is 1. The third kappa shape index (κ3) is 2.51. The summed E-state index contributed by atoms with van der Waals surface area (Å²) in [5, 5.41) is 5.04. The van der Waals surface area contributed by atoms with Gasteiger partial charge in [-0.15, -0.1) is 11.3 Å². The number of thiazole rings is 1. The van der Waals surface area contributed by atoms with Gasteiger partial charge in [0.25, 0.3) is 5.91 Å². The number of hydrogen-bond acceptors (Lipinski definition) is 5. The molecule has 0 radical (unpaired) electrons. The molecule has 6 heteroatoms. The number of nitrogen functional groups attached to an aromatic ring is 1. The first-order valence-electron chi connectivity index (χ1n) is 5.23. The Morgan fingerprint density at radius 2 is 2.50 bits per heavy atom. The van der Waals surface area contributed by atoms with Crippen LogP contribution in [0.4, 0.5) is 5.13 Å². The second-order valence-corrected chi connectivity index (χ2v) is 4.80. The van der Waals surface area contributed by atoms with Crippen LogP contribution < -0.4 is 11.1 Å². The summed E-state index contributed by atoms with van der Waals surface area (Å²) >= 11 is 1.28. The molecule has 1 aromatic heterocycles. The molecule has 3 N–H and O–H groups in total. The van der Waals surface area contributed by atoms with Crippen molar-refractivity contribution >= 4 is 22.4 Å². The Morgan fingerprint density at radius 3 is 3.06 bits per heavy atom. The number of methoxy groups -OCH3 is 1. The highest BCUT2D eigenvalue weighted by atomic mass is 32.1. The second-order valence-electron chi connectivity index (χ2n) is 3.91. The molecular weight excluding hydrogens is 226 g/mol. The maximum Gasteiger partial charge on any atom is 0.271 e. The number of rotatable bonds is 3. The van der Waals surface area contributed by atoms with Crippen molar-refractivity contribution in [1.82, 2.24) is 10.3 Å². The third-order valence-corrected chi connectivity index (χ3v) is 3.48. The maximum absolute atomic E-state index is 11.7. The van der Waals surface area contributed by atoms with E-state index in [4.69, 9.17) is 10.5 Å². The minimum absolute atomic E-state index is 0.144.